The van der Waals surface area contributed by atoms with Crippen molar-refractivity contribution in [2.45, 2.75) is 12.8 Å². The van der Waals surface area contributed by atoms with Gasteiger partial charge in [0.25, 0.3) is 0 Å². The molecule has 0 bridgehead atoms. The Morgan fingerprint density at radius 3 is 2.46 bits per heavy atom. The van der Waals surface area contributed by atoms with Crippen molar-refractivity contribution in [3.05, 3.63) is 41.5 Å². The summed E-state index contributed by atoms with van der Waals surface area (Å²) in [5.74, 6) is 3.30. The van der Waals surface area contributed by atoms with Crippen LogP contribution in [0.4, 0.5) is 0 Å². The van der Waals surface area contributed by atoms with Gasteiger partial charge in [-0.2, -0.15) is 0 Å². The fourth-order valence-corrected chi connectivity index (χ4v) is 2.97. The molecule has 7 heteroatoms. The molecule has 0 saturated carbocycles. The zero-order chi connectivity index (χ0) is 17.9. The van der Waals surface area contributed by atoms with Crippen LogP contribution in [0.15, 0.2) is 30.3 Å². The molecule has 1 N–H and O–H groups in total. The van der Waals surface area contributed by atoms with Crippen molar-refractivity contribution in [1.29, 1.82) is 0 Å². The van der Waals surface area contributed by atoms with E-state index < -0.39 is 0 Å². The van der Waals surface area contributed by atoms with Crippen molar-refractivity contribution in [1.82, 2.24) is 5.32 Å². The molecule has 2 heterocycles. The van der Waals surface area contributed by atoms with Crippen molar-refractivity contribution in [2.75, 3.05) is 27.2 Å². The molecule has 1 amide bonds. The van der Waals surface area contributed by atoms with Crippen LogP contribution >= 0.6 is 0 Å². The van der Waals surface area contributed by atoms with Gasteiger partial charge in [-0.3, -0.25) is 4.79 Å². The second kappa shape index (κ2) is 7.03. The lowest BCUT2D eigenvalue weighted by molar-refractivity contribution is -0.120. The van der Waals surface area contributed by atoms with Crippen LogP contribution in [0.25, 0.3) is 0 Å². The fourth-order valence-electron chi connectivity index (χ4n) is 2.97. The highest BCUT2D eigenvalue weighted by Gasteiger charge is 2.19. The SMILES string of the molecule is COc1cc2c(cc1CC(=O)NCCc1ccc3c(c1)OCO3)OCO2. The average Bonchev–Trinajstić information content (AvgIpc) is 3.29. The van der Waals surface area contributed by atoms with Gasteiger partial charge in [0.1, 0.15) is 5.75 Å². The molecule has 0 aliphatic carbocycles. The van der Waals surface area contributed by atoms with Crippen molar-refractivity contribution < 1.29 is 28.5 Å². The van der Waals surface area contributed by atoms with E-state index in [9.17, 15) is 4.79 Å². The summed E-state index contributed by atoms with van der Waals surface area (Å²) in [7, 11) is 1.57. The van der Waals surface area contributed by atoms with Crippen molar-refractivity contribution in [2.24, 2.45) is 0 Å². The van der Waals surface area contributed by atoms with Gasteiger partial charge < -0.3 is 29.0 Å². The lowest BCUT2D eigenvalue weighted by Gasteiger charge is -2.10. The molecule has 7 nitrogen and oxygen atoms in total. The zero-order valence-corrected chi connectivity index (χ0v) is 14.4. The van der Waals surface area contributed by atoms with Crippen LogP contribution in [0.3, 0.4) is 0 Å². The van der Waals surface area contributed by atoms with Crippen molar-refractivity contribution in [3.63, 3.8) is 0 Å². The molecule has 0 spiro atoms. The number of rotatable bonds is 6. The summed E-state index contributed by atoms with van der Waals surface area (Å²) >= 11 is 0. The van der Waals surface area contributed by atoms with Gasteiger partial charge in [-0.25, -0.2) is 0 Å². The van der Waals surface area contributed by atoms with Crippen molar-refractivity contribution in [3.8, 4) is 28.7 Å². The molecule has 136 valence electrons. The van der Waals surface area contributed by atoms with E-state index in [0.29, 0.717) is 30.2 Å². The Morgan fingerprint density at radius 2 is 1.69 bits per heavy atom. The van der Waals surface area contributed by atoms with E-state index in [1.54, 1.807) is 19.2 Å². The van der Waals surface area contributed by atoms with Gasteiger partial charge in [0.15, 0.2) is 23.0 Å². The van der Waals surface area contributed by atoms with Crippen molar-refractivity contribution >= 4 is 5.91 Å². The summed E-state index contributed by atoms with van der Waals surface area (Å²) in [6.07, 6.45) is 0.918. The first-order valence-electron chi connectivity index (χ1n) is 8.34. The summed E-state index contributed by atoms with van der Waals surface area (Å²) in [5, 5.41) is 2.93. The van der Waals surface area contributed by atoms with Gasteiger partial charge in [0.05, 0.1) is 13.5 Å². The summed E-state index contributed by atoms with van der Waals surface area (Å²) in [5.41, 5.74) is 1.84. The first kappa shape index (κ1) is 16.4. The van der Waals surface area contributed by atoms with E-state index in [4.69, 9.17) is 23.7 Å². The molecule has 0 radical (unpaired) electrons. The van der Waals surface area contributed by atoms with Gasteiger partial charge in [-0.15, -0.1) is 0 Å². The summed E-state index contributed by atoms with van der Waals surface area (Å²) in [4.78, 5) is 12.3. The van der Waals surface area contributed by atoms with E-state index in [0.717, 1.165) is 22.6 Å². The predicted molar refractivity (Wildman–Crippen MR) is 92.1 cm³/mol. The molecule has 26 heavy (non-hydrogen) atoms. The summed E-state index contributed by atoms with van der Waals surface area (Å²) < 4.78 is 26.7. The van der Waals surface area contributed by atoms with E-state index in [2.05, 4.69) is 5.32 Å². The van der Waals surface area contributed by atoms with Crippen LogP contribution in [0.5, 0.6) is 28.7 Å². The lowest BCUT2D eigenvalue weighted by Crippen LogP contribution is -2.27. The van der Waals surface area contributed by atoms with Crippen LogP contribution in [-0.4, -0.2) is 33.1 Å². The molecule has 4 rings (SSSR count). The molecule has 2 aliphatic heterocycles. The smallest absolute Gasteiger partial charge is 0.231 e. The number of ether oxygens (including phenoxy) is 5. The number of hydrogen-bond donors (Lipinski definition) is 1. The quantitative estimate of drug-likeness (QED) is 0.853. The highest BCUT2D eigenvalue weighted by molar-refractivity contribution is 5.79. The summed E-state index contributed by atoms with van der Waals surface area (Å²) in [6.45, 7) is 0.974. The Bertz CT molecular complexity index is 835. The topological polar surface area (TPSA) is 75.3 Å². The second-order valence-electron chi connectivity index (χ2n) is 5.98. The van der Waals surface area contributed by atoms with Crippen LogP contribution in [0.2, 0.25) is 0 Å². The van der Waals surface area contributed by atoms with Gasteiger partial charge in [0, 0.05) is 18.2 Å². The molecule has 0 fully saturated rings. The monoisotopic (exact) mass is 357 g/mol. The second-order valence-corrected chi connectivity index (χ2v) is 5.98. The third-order valence-corrected chi connectivity index (χ3v) is 4.30. The Hall–Kier alpha value is -3.09. The maximum atomic E-state index is 12.3. The summed E-state index contributed by atoms with van der Waals surface area (Å²) in [6, 6.07) is 9.34. The number of benzene rings is 2. The van der Waals surface area contributed by atoms with Gasteiger partial charge in [-0.1, -0.05) is 6.07 Å². The standard InChI is InChI=1S/C19H19NO6/c1-22-15-9-18-17(25-11-26-18)7-13(15)8-19(21)20-5-4-12-2-3-14-16(6-12)24-10-23-14/h2-3,6-7,9H,4-5,8,10-11H2,1H3,(H,20,21). The van der Waals surface area contributed by atoms with E-state index in [1.165, 1.54) is 0 Å². The highest BCUT2D eigenvalue weighted by Crippen LogP contribution is 2.38. The minimum atomic E-state index is -0.0806. The number of carbonyl (C=O) groups excluding carboxylic acids is 1. The fraction of sp³-hybridized carbons (Fsp3) is 0.316. The number of carbonyl (C=O) groups is 1. The molecular formula is C19H19NO6. The molecular weight excluding hydrogens is 338 g/mol. The van der Waals surface area contributed by atoms with E-state index in [1.807, 2.05) is 18.2 Å². The Morgan fingerprint density at radius 1 is 1.00 bits per heavy atom. The van der Waals surface area contributed by atoms with E-state index in [-0.39, 0.29) is 25.9 Å². The highest BCUT2D eigenvalue weighted by atomic mass is 16.7. The number of amides is 1. The number of methoxy groups -OCH3 is 1. The third-order valence-electron chi connectivity index (χ3n) is 4.30. The van der Waals surface area contributed by atoms with Crippen LogP contribution in [-0.2, 0) is 17.6 Å². The van der Waals surface area contributed by atoms with Crippen LogP contribution < -0.4 is 29.0 Å². The van der Waals surface area contributed by atoms with Gasteiger partial charge >= 0.3 is 0 Å². The normalized spacial score (nSPS) is 13.6. The van der Waals surface area contributed by atoms with Gasteiger partial charge in [0.2, 0.25) is 19.5 Å². The average molecular weight is 357 g/mol. The molecule has 2 aliphatic rings. The molecule has 2 aromatic rings. The minimum absolute atomic E-state index is 0.0806. The van der Waals surface area contributed by atoms with Gasteiger partial charge in [-0.05, 0) is 30.2 Å². The third kappa shape index (κ3) is 3.33. The first-order valence-corrected chi connectivity index (χ1v) is 8.34. The zero-order valence-electron chi connectivity index (χ0n) is 14.4. The molecule has 0 atom stereocenters. The van der Waals surface area contributed by atoms with Crippen LogP contribution in [0, 0.1) is 0 Å². The first-order chi connectivity index (χ1) is 12.7. The number of nitrogens with one attached hydrogen (secondary N) is 1. The maximum absolute atomic E-state index is 12.3. The molecule has 2 aromatic carbocycles. The lowest BCUT2D eigenvalue weighted by atomic mass is 10.1. The van der Waals surface area contributed by atoms with E-state index >= 15 is 0 Å². The largest absolute Gasteiger partial charge is 0.496 e. The Labute approximate surface area is 150 Å². The Balaban J connectivity index is 1.33. The molecule has 0 saturated heterocycles. The minimum Gasteiger partial charge on any atom is -0.496 e. The van der Waals surface area contributed by atoms with Crippen LogP contribution in [0.1, 0.15) is 11.1 Å². The molecule has 0 unspecified atom stereocenters. The predicted octanol–water partition coefficient (Wildman–Crippen LogP) is 2.05. The number of fused-ring (bicyclic) bond motifs is 2. The Kier molecular flexibility index (Phi) is 4.43. The molecule has 0 aromatic heterocycles. The number of hydrogen-bond acceptors (Lipinski definition) is 6. The maximum Gasteiger partial charge on any atom is 0.231 e.